The quantitative estimate of drug-likeness (QED) is 0.0201. The average Bonchev–Trinajstić information content (AvgIpc) is 0.871. The Kier molecular flexibility index (Phi) is 29.0. The number of fused-ring (bicyclic) bond motifs is 18. The Morgan fingerprint density at radius 3 is 1.32 bits per heavy atom. The molecule has 8 bridgehead atoms. The number of halogens is 3. The van der Waals surface area contributed by atoms with Crippen LogP contribution in [0.15, 0.2) is 36.4 Å². The second-order valence-corrected chi connectivity index (χ2v) is 39.2. The summed E-state index contributed by atoms with van der Waals surface area (Å²) in [5, 5.41) is 64.4. The van der Waals surface area contributed by atoms with Crippen LogP contribution in [0.5, 0.6) is 80.5 Å². The Morgan fingerprint density at radius 1 is 0.523 bits per heavy atom. The van der Waals surface area contributed by atoms with Gasteiger partial charge in [-0.15, -0.1) is 46.7 Å². The fourth-order valence-corrected chi connectivity index (χ4v) is 25.0. The topological polar surface area (TPSA) is 386 Å². The fourth-order valence-electron chi connectivity index (χ4n) is 21.1. The number of carbonyl (C=O) groups is 6. The number of phenols is 3. The Morgan fingerprint density at radius 2 is 0.932 bits per heavy atom. The van der Waals surface area contributed by atoms with Crippen molar-refractivity contribution in [2.75, 3.05) is 106 Å². The lowest BCUT2D eigenvalue weighted by atomic mass is 9.71. The van der Waals surface area contributed by atoms with Gasteiger partial charge < -0.3 is 86.4 Å². The molecule has 6 aromatic carbocycles. The molecular weight excluding hydrogens is 1810 g/mol. The summed E-state index contributed by atoms with van der Waals surface area (Å²) >= 11 is 18.9. The number of phenolic OH excluding ortho intramolecular Hbond substituents is 3. The molecule has 14 aliphatic heterocycles. The van der Waals surface area contributed by atoms with Gasteiger partial charge in [0, 0.05) is 111 Å². The van der Waals surface area contributed by atoms with E-state index in [9.17, 15) is 49.8 Å². The molecule has 132 heavy (non-hydrogen) atoms. The number of methoxy groups -OCH3 is 4. The molecule has 32 nitrogen and oxygen atoms in total. The number of carbonyl (C=O) groups excluding carboxylic acids is 6. The van der Waals surface area contributed by atoms with Gasteiger partial charge in [0.05, 0.1) is 81.7 Å². The van der Waals surface area contributed by atoms with Crippen molar-refractivity contribution in [3.63, 3.8) is 0 Å². The molecule has 712 valence electrons. The molecule has 2 unspecified atom stereocenters. The van der Waals surface area contributed by atoms with Crippen molar-refractivity contribution in [3.05, 3.63) is 125 Å². The number of rotatable bonds is 11. The third-order valence-electron chi connectivity index (χ3n) is 26.3. The van der Waals surface area contributed by atoms with Crippen molar-refractivity contribution in [2.24, 2.45) is 0 Å². The molecular formula is C95H115Cl3N8O24S2. The molecule has 6 aromatic rings. The van der Waals surface area contributed by atoms with Gasteiger partial charge in [0.2, 0.25) is 18.8 Å². The van der Waals surface area contributed by atoms with Crippen molar-refractivity contribution in [1.29, 1.82) is 10.5 Å². The first-order valence-electron chi connectivity index (χ1n) is 42.5. The number of benzene rings is 6. The Hall–Kier alpha value is -9.95. The van der Waals surface area contributed by atoms with Crippen molar-refractivity contribution in [1.82, 2.24) is 30.2 Å². The van der Waals surface area contributed by atoms with Crippen LogP contribution in [0.25, 0.3) is 0 Å². The van der Waals surface area contributed by atoms with Crippen LogP contribution in [-0.4, -0.2) is 224 Å². The molecule has 4 saturated heterocycles. The van der Waals surface area contributed by atoms with Gasteiger partial charge in [-0.1, -0.05) is 34.4 Å². The zero-order valence-electron chi connectivity index (χ0n) is 74.3. The Bertz CT molecular complexity index is 5680. The molecule has 0 amide bonds. The van der Waals surface area contributed by atoms with Gasteiger partial charge in [0.15, 0.2) is 80.1 Å². The van der Waals surface area contributed by atoms with Crippen molar-refractivity contribution >= 4 is 93.8 Å². The van der Waals surface area contributed by atoms with Crippen LogP contribution in [0, 0.1) is 50.4 Å². The Labute approximate surface area is 791 Å². The number of hydrogen-bond acceptors (Lipinski definition) is 34. The number of alkyl halides is 2. The number of aromatic hydroxyl groups is 3. The van der Waals surface area contributed by atoms with Gasteiger partial charge in [-0.05, 0) is 189 Å². The highest BCUT2D eigenvalue weighted by Crippen LogP contribution is 2.68. The predicted molar refractivity (Wildman–Crippen MR) is 493 cm³/mol. The fraction of sp³-hybridized carbons (Fsp3) is 0.537. The average molecular weight is 1920 g/mol. The molecule has 37 heteroatoms. The first kappa shape index (κ1) is 99.5. The van der Waals surface area contributed by atoms with Gasteiger partial charge in [0.1, 0.15) is 48.0 Å². The van der Waals surface area contributed by atoms with Gasteiger partial charge in [-0.3, -0.25) is 39.8 Å². The number of likely N-dealkylation sites (N-methyl/N-ethyl adjacent to an activating group) is 2. The number of esters is 3. The first-order chi connectivity index (χ1) is 61.5. The van der Waals surface area contributed by atoms with Gasteiger partial charge >= 0.3 is 30.2 Å². The highest BCUT2D eigenvalue weighted by atomic mass is 35.5. The molecule has 5 N–H and O–H groups in total. The summed E-state index contributed by atoms with van der Waals surface area (Å²) in [5.74, 6) is 2.42. The summed E-state index contributed by atoms with van der Waals surface area (Å²) in [5.41, 5.74) is 6.48. The molecule has 0 aliphatic carbocycles. The van der Waals surface area contributed by atoms with Crippen LogP contribution in [0.1, 0.15) is 200 Å². The van der Waals surface area contributed by atoms with Crippen LogP contribution in [0.4, 0.5) is 9.59 Å². The second-order valence-electron chi connectivity index (χ2n) is 35.8. The zero-order valence-corrected chi connectivity index (χ0v) is 78.2. The maximum atomic E-state index is 15.1. The lowest BCUT2D eigenvalue weighted by molar-refractivity contribution is -0.158. The highest BCUT2D eigenvalue weighted by molar-refractivity contribution is 7.99. The molecule has 20 rings (SSSR count). The molecule has 0 aromatic heterocycles. The van der Waals surface area contributed by atoms with E-state index in [1.54, 1.807) is 72.7 Å². The summed E-state index contributed by atoms with van der Waals surface area (Å²) in [6.45, 7) is 18.0. The van der Waals surface area contributed by atoms with E-state index < -0.39 is 111 Å². The second kappa shape index (κ2) is 38.4. The van der Waals surface area contributed by atoms with Crippen LogP contribution in [0.3, 0.4) is 0 Å². The number of nitrogens with one attached hydrogen (secondary N) is 2. The summed E-state index contributed by atoms with van der Waals surface area (Å²) in [7, 11) is 9.92. The maximum Gasteiger partial charge on any atom is 0.514 e. The van der Waals surface area contributed by atoms with Crippen LogP contribution in [0.2, 0.25) is 0 Å². The normalized spacial score (nSPS) is 25.8. The number of hydrogen-bond donors (Lipinski definition) is 5. The summed E-state index contributed by atoms with van der Waals surface area (Å²) < 4.78 is 89.0. The van der Waals surface area contributed by atoms with Crippen LogP contribution >= 0.6 is 58.3 Å². The number of piperazine rings is 2. The number of thioether (sulfide) groups is 2. The number of ether oxygens (including phenoxy) is 15. The highest BCUT2D eigenvalue weighted by Gasteiger charge is 2.65. The number of nitrogens with zero attached hydrogens (tertiary/aromatic N) is 6. The largest absolute Gasteiger partial charge is 0.514 e. The van der Waals surface area contributed by atoms with Gasteiger partial charge in [0.25, 0.3) is 0 Å². The maximum absolute atomic E-state index is 15.1. The van der Waals surface area contributed by atoms with Gasteiger partial charge in [-0.2, -0.15) is 10.5 Å². The molecule has 14 atom stereocenters. The van der Waals surface area contributed by atoms with Gasteiger partial charge in [-0.25, -0.2) is 19.2 Å². The van der Waals surface area contributed by atoms with Crippen molar-refractivity contribution in [3.8, 4) is 92.6 Å². The zero-order chi connectivity index (χ0) is 92.4. The molecule has 0 saturated carbocycles. The third-order valence-corrected chi connectivity index (χ3v) is 29.9. The molecule has 4 fully saturated rings. The van der Waals surface area contributed by atoms with Crippen LogP contribution in [-0.2, 0) is 74.9 Å². The number of aryl methyl sites for hydroxylation is 2. The number of nitriles is 2. The molecule has 0 radical (unpaired) electrons. The SMILES string of the molecule is C.C.C.COc1cc2c(cc1OC(=O)OC(C)(C)C)CCN[C@]21CS[C@@H]2c3c(O)c(C)c4c(c3[C@H](COC1=O)N1C2[C@H]2c3c(cc(C)c(OC)c3O)C[C@@H]([C@@H]1C#N)N2C)OCO4.COc1cc2c(cc1OC(=O)OC(C)(C)C)CCN[C@]21CS[C@@H]2c3c(OC(=O)CCCl)c(C)c4c(c3[C@H](COC1=O)N1C2[C@H]2c3c(cc(C)c(OC)c3O)C[C@@H]([C@@H]1C#N)N2C)OCO4.O=C(Cl)CCCl. The lowest BCUT2D eigenvalue weighted by Crippen LogP contribution is -2.69. The summed E-state index contributed by atoms with van der Waals surface area (Å²) in [4.78, 5) is 87.6. The standard InChI is InChI=1S/C46H51ClN4O12S.C43H48N4O11S.C3H4Cl2O.3CH4/c1-21-13-24-14-26-27(17-48)51-28-18-58-43(54)46(25-16-29(56-7)30(15-23(25)10-12-49-46)61-44(55)63-45(3,4)5)19-64-42(36(51)35(50(26)6)32(24)37(53)38(21)57-8)34-33(28)41-40(59-20-60-41)22(2)39(34)62-31(52)9-11-47;1-19-11-22-12-24-25(15-44)47-26-16-54-40(50)43(23-14-27(52-7)28(13-21(23)9-10-45-43)57-41(51)58-42(3,4)5)17-59-39(31-30(26)38-37(55-18-56-38)20(2)34(31)48)33(47)32(46(24)6)29(22)35(49)36(19)53-8;4-2-1-3(5)6;;;/h13,15-16,26-28,35-36,42,49,53H,9-12,14,18-20H2,1-8H3;11,13-14,24-26,32-33,39,45,48-49H,9-10,12,16-18H2,1-8H3;1-2H2;3*1H4/t26-,27-,28-,35+,36?,42+,46+;24-,25-,26-,32+,33?,39+,43+;;;;/m00..../s1. The van der Waals surface area contributed by atoms with Crippen LogP contribution < -0.4 is 62.7 Å². The Balaban J connectivity index is 0.000000207. The monoisotopic (exact) mass is 1920 g/mol. The van der Waals surface area contributed by atoms with E-state index in [-0.39, 0.29) is 143 Å². The lowest BCUT2D eigenvalue weighted by Gasteiger charge is -2.62. The molecule has 14 aliphatic rings. The van der Waals surface area contributed by atoms with E-state index in [0.717, 1.165) is 33.4 Å². The van der Waals surface area contributed by atoms with Crippen molar-refractivity contribution < 1.29 is 115 Å². The minimum Gasteiger partial charge on any atom is -0.507 e. The predicted octanol–water partition coefficient (Wildman–Crippen LogP) is 14.9. The minimum atomic E-state index is -1.47. The smallest absolute Gasteiger partial charge is 0.507 e. The van der Waals surface area contributed by atoms with Crippen molar-refractivity contribution in [2.45, 2.75) is 223 Å². The molecule has 2 spiro atoms. The van der Waals surface area contributed by atoms with E-state index in [1.807, 2.05) is 47.0 Å². The minimum absolute atomic E-state index is 0. The van der Waals surface area contributed by atoms with E-state index in [1.165, 1.54) is 52.0 Å². The van der Waals surface area contributed by atoms with E-state index in [4.69, 9.17) is 106 Å². The van der Waals surface area contributed by atoms with E-state index in [0.29, 0.717) is 135 Å². The molecule has 14 heterocycles. The summed E-state index contributed by atoms with van der Waals surface area (Å²) in [6, 6.07) is 10.4. The van der Waals surface area contributed by atoms with E-state index >= 15 is 4.79 Å². The summed E-state index contributed by atoms with van der Waals surface area (Å²) in [6.07, 6.45) is 0.346. The van der Waals surface area contributed by atoms with E-state index in [2.05, 4.69) is 42.4 Å². The third kappa shape index (κ3) is 16.8. The first-order valence-corrected chi connectivity index (χ1v) is 46.0.